The lowest BCUT2D eigenvalue weighted by Gasteiger charge is -2.50. The first-order chi connectivity index (χ1) is 30.0. The van der Waals surface area contributed by atoms with Gasteiger partial charge in [0, 0.05) is 64.1 Å². The van der Waals surface area contributed by atoms with Gasteiger partial charge in [-0.05, 0) is 53.6 Å². The number of phenols is 11. The Morgan fingerprint density at radius 3 is 1.67 bits per heavy atom. The SMILES string of the molecule is Oc1cc(O)c2c(c1)O[C@]1(c3ccc(O)c(O)c3)Oc3cc4c(c(O)c3[C@H]2[C@H]1O)[C@H](c1c(O)cc(O)c2c1O[C@H](c1ccc(O)c(O)c1)[C@H](O)C2)[C@@H](O)[C@@H](c1ccc(O)c(O)c1)O4. The molecule has 0 unspecified atom stereocenters. The first kappa shape index (κ1) is 39.3. The zero-order valence-electron chi connectivity index (χ0n) is 32.1. The third-order valence-corrected chi connectivity index (χ3v) is 12.2. The number of hydrogen-bond acceptors (Lipinski definition) is 18. The lowest BCUT2D eigenvalue weighted by Crippen LogP contribution is -2.57. The van der Waals surface area contributed by atoms with E-state index in [-0.39, 0.29) is 73.9 Å². The van der Waals surface area contributed by atoms with Crippen LogP contribution >= 0.6 is 0 Å². The van der Waals surface area contributed by atoms with Gasteiger partial charge >= 0.3 is 5.79 Å². The van der Waals surface area contributed by atoms with Crippen molar-refractivity contribution in [2.75, 3.05) is 0 Å². The number of hydrogen-bond donors (Lipinski definition) is 14. The molecule has 6 aromatic rings. The molecule has 8 atom stereocenters. The highest BCUT2D eigenvalue weighted by Crippen LogP contribution is 2.65. The number of rotatable bonds is 4. The normalized spacial score (nSPS) is 25.2. The number of benzene rings is 6. The molecule has 4 aliphatic rings. The predicted molar refractivity (Wildman–Crippen MR) is 212 cm³/mol. The van der Waals surface area contributed by atoms with Crippen molar-refractivity contribution in [2.45, 2.75) is 54.6 Å². The lowest BCUT2D eigenvalue weighted by molar-refractivity contribution is -0.218. The Morgan fingerprint density at radius 2 is 1.03 bits per heavy atom. The van der Waals surface area contributed by atoms with Crippen molar-refractivity contribution < 1.29 is 90.4 Å². The minimum Gasteiger partial charge on any atom is -0.508 e. The van der Waals surface area contributed by atoms with Crippen LogP contribution in [0.5, 0.6) is 86.2 Å². The minimum atomic E-state index is -2.31. The molecule has 0 saturated heterocycles. The summed E-state index contributed by atoms with van der Waals surface area (Å²) in [5.74, 6) is -12.6. The second-order valence-electron chi connectivity index (χ2n) is 15.9. The van der Waals surface area contributed by atoms with Crippen LogP contribution in [-0.2, 0) is 12.2 Å². The fraction of sp³-hybridized carbons (Fsp3) is 0.200. The van der Waals surface area contributed by atoms with Crippen LogP contribution in [0, 0.1) is 0 Å². The number of aromatic hydroxyl groups is 11. The van der Waals surface area contributed by atoms with Gasteiger partial charge in [-0.25, -0.2) is 0 Å². The summed E-state index contributed by atoms with van der Waals surface area (Å²) >= 11 is 0. The highest BCUT2D eigenvalue weighted by Gasteiger charge is 2.60. The highest BCUT2D eigenvalue weighted by atomic mass is 16.7. The Hall–Kier alpha value is -7.80. The Balaban J connectivity index is 1.23. The summed E-state index contributed by atoms with van der Waals surface area (Å²) in [6.07, 6.45) is -8.22. The van der Waals surface area contributed by atoms with Crippen LogP contribution in [0.3, 0.4) is 0 Å². The van der Waals surface area contributed by atoms with E-state index in [1.807, 2.05) is 0 Å². The molecule has 4 aliphatic heterocycles. The quantitative estimate of drug-likeness (QED) is 0.110. The third kappa shape index (κ3) is 5.68. The maximum Gasteiger partial charge on any atom is 0.305 e. The average Bonchev–Trinajstić information content (AvgIpc) is 3.22. The molecule has 0 aromatic heterocycles. The van der Waals surface area contributed by atoms with Crippen molar-refractivity contribution in [3.63, 3.8) is 0 Å². The number of aliphatic hydroxyl groups excluding tert-OH is 3. The van der Waals surface area contributed by atoms with Gasteiger partial charge in [-0.15, -0.1) is 0 Å². The zero-order valence-corrected chi connectivity index (χ0v) is 32.1. The standard InChI is InChI=1S/C45H36O18/c46-18-10-27(54)33-31(11-18)62-45(17-3-6-22(49)26(53)9-17)44(59)38(33)36-32(63-45)14-30-35(39(36)57)37(40(58)42(60-30)16-2-5-21(48)25(52)8-16)34-28(55)13-23(50)19-12-29(56)41(61-43(19)34)15-1-4-20(47)24(51)7-15/h1-11,13-14,29,37-38,40-42,44,46-59H,12H2/t29-,37+,38+,40-,41-,42-,44-,45-/m1/s1. The van der Waals surface area contributed by atoms with Crippen LogP contribution in [0.2, 0.25) is 0 Å². The molecule has 18 nitrogen and oxygen atoms in total. The molecule has 4 heterocycles. The smallest absolute Gasteiger partial charge is 0.305 e. The summed E-state index contributed by atoms with van der Waals surface area (Å²) in [6.45, 7) is 0. The first-order valence-electron chi connectivity index (χ1n) is 19.3. The van der Waals surface area contributed by atoms with Crippen molar-refractivity contribution in [3.05, 3.63) is 123 Å². The van der Waals surface area contributed by atoms with E-state index in [1.165, 1.54) is 24.3 Å². The van der Waals surface area contributed by atoms with Gasteiger partial charge < -0.3 is 90.4 Å². The Labute approximate surface area is 354 Å². The van der Waals surface area contributed by atoms with Gasteiger partial charge in [0.2, 0.25) is 0 Å². The van der Waals surface area contributed by atoms with E-state index in [0.717, 1.165) is 54.6 Å². The Bertz CT molecular complexity index is 2910. The van der Waals surface area contributed by atoms with E-state index >= 15 is 0 Å². The monoisotopic (exact) mass is 864 g/mol. The van der Waals surface area contributed by atoms with Crippen LogP contribution in [0.15, 0.2) is 78.9 Å². The molecule has 0 amide bonds. The largest absolute Gasteiger partial charge is 0.508 e. The summed E-state index contributed by atoms with van der Waals surface area (Å²) < 4.78 is 25.4. The molecule has 0 radical (unpaired) electrons. The second kappa shape index (κ2) is 13.6. The van der Waals surface area contributed by atoms with Gasteiger partial charge in [0.15, 0.2) is 40.6 Å². The average molecular weight is 865 g/mol. The van der Waals surface area contributed by atoms with Gasteiger partial charge in [0.1, 0.15) is 70.1 Å². The summed E-state index contributed by atoms with van der Waals surface area (Å²) in [5, 5.41) is 155. The van der Waals surface area contributed by atoms with Gasteiger partial charge in [-0.2, -0.15) is 0 Å². The highest BCUT2D eigenvalue weighted by molar-refractivity contribution is 5.72. The summed E-state index contributed by atoms with van der Waals surface area (Å²) in [4.78, 5) is 0. The third-order valence-electron chi connectivity index (χ3n) is 12.2. The molecule has 18 heteroatoms. The topological polar surface area (TPSA) is 320 Å². The minimum absolute atomic E-state index is 0.0325. The first-order valence-corrected chi connectivity index (χ1v) is 19.3. The Morgan fingerprint density at radius 1 is 0.460 bits per heavy atom. The molecule has 0 saturated carbocycles. The maximum absolute atomic E-state index is 12.7. The van der Waals surface area contributed by atoms with E-state index in [9.17, 15) is 71.5 Å². The maximum atomic E-state index is 12.7. The molecule has 2 bridgehead atoms. The fourth-order valence-electron chi connectivity index (χ4n) is 9.31. The number of aliphatic hydroxyl groups is 3. The molecule has 0 fully saturated rings. The van der Waals surface area contributed by atoms with E-state index < -0.39 is 111 Å². The Kier molecular flexibility index (Phi) is 8.49. The molecule has 6 aromatic carbocycles. The van der Waals surface area contributed by atoms with Crippen LogP contribution in [0.1, 0.15) is 68.6 Å². The van der Waals surface area contributed by atoms with Crippen molar-refractivity contribution in [3.8, 4) is 86.2 Å². The van der Waals surface area contributed by atoms with E-state index in [1.54, 1.807) is 0 Å². The molecule has 324 valence electrons. The molecular formula is C45H36O18. The number of phenolic OH excluding ortho intramolecular Hbond substituents is 11. The lowest BCUT2D eigenvalue weighted by atomic mass is 9.72. The van der Waals surface area contributed by atoms with Gasteiger partial charge in [0.25, 0.3) is 0 Å². The van der Waals surface area contributed by atoms with Crippen LogP contribution < -0.4 is 18.9 Å². The van der Waals surface area contributed by atoms with E-state index in [2.05, 4.69) is 0 Å². The fourth-order valence-corrected chi connectivity index (χ4v) is 9.31. The molecule has 10 rings (SSSR count). The van der Waals surface area contributed by atoms with E-state index in [4.69, 9.17) is 18.9 Å². The summed E-state index contributed by atoms with van der Waals surface area (Å²) in [5.41, 5.74) is -0.703. The van der Waals surface area contributed by atoms with Crippen molar-refractivity contribution in [2.24, 2.45) is 0 Å². The molecule has 14 N–H and O–H groups in total. The molecule has 0 spiro atoms. The van der Waals surface area contributed by atoms with Crippen LogP contribution in [-0.4, -0.2) is 89.8 Å². The van der Waals surface area contributed by atoms with Gasteiger partial charge in [-0.3, -0.25) is 0 Å². The second-order valence-corrected chi connectivity index (χ2v) is 15.9. The number of fused-ring (bicyclic) bond motifs is 8. The zero-order chi connectivity index (χ0) is 44.5. The van der Waals surface area contributed by atoms with Crippen LogP contribution in [0.25, 0.3) is 0 Å². The molecule has 0 aliphatic carbocycles. The summed E-state index contributed by atoms with van der Waals surface area (Å²) in [7, 11) is 0. The predicted octanol–water partition coefficient (Wildman–Crippen LogP) is 4.24. The van der Waals surface area contributed by atoms with Gasteiger partial charge in [-0.1, -0.05) is 12.1 Å². The molecule has 63 heavy (non-hydrogen) atoms. The van der Waals surface area contributed by atoms with Crippen LogP contribution in [0.4, 0.5) is 0 Å². The van der Waals surface area contributed by atoms with Crippen molar-refractivity contribution in [1.29, 1.82) is 0 Å². The number of ether oxygens (including phenoxy) is 4. The van der Waals surface area contributed by atoms with Crippen molar-refractivity contribution in [1.82, 2.24) is 0 Å². The van der Waals surface area contributed by atoms with E-state index in [0.29, 0.717) is 0 Å². The summed E-state index contributed by atoms with van der Waals surface area (Å²) in [6, 6.07) is 15.0. The molecular weight excluding hydrogens is 828 g/mol. The van der Waals surface area contributed by atoms with Gasteiger partial charge in [0.05, 0.1) is 17.9 Å². The van der Waals surface area contributed by atoms with Crippen molar-refractivity contribution >= 4 is 0 Å².